The molecule has 0 aliphatic heterocycles. The molecule has 0 bridgehead atoms. The lowest BCUT2D eigenvalue weighted by molar-refractivity contribution is -0.115. The highest BCUT2D eigenvalue weighted by Gasteiger charge is 2.04. The van der Waals surface area contributed by atoms with Crippen LogP contribution in [0.3, 0.4) is 0 Å². The van der Waals surface area contributed by atoms with E-state index < -0.39 is 0 Å². The number of carbonyl (C=O) groups is 1. The van der Waals surface area contributed by atoms with Crippen molar-refractivity contribution < 1.29 is 4.79 Å². The van der Waals surface area contributed by atoms with Crippen LogP contribution in [0.4, 0.5) is 5.69 Å². The Kier molecular flexibility index (Phi) is 4.32. The molecular weight excluding hydrogens is 256 g/mol. The summed E-state index contributed by atoms with van der Waals surface area (Å²) in [5, 5.41) is 12.1. The van der Waals surface area contributed by atoms with Gasteiger partial charge < -0.3 is 5.32 Å². The monoisotopic (exact) mass is 266 g/mol. The number of hydrogen-bond donors (Lipinski definition) is 1. The number of amides is 1. The number of halogens is 1. The second kappa shape index (κ2) is 5.52. The maximum atomic E-state index is 11.3. The summed E-state index contributed by atoms with van der Waals surface area (Å²) in [5.41, 5.74) is 2.21. The molecule has 0 saturated heterocycles. The van der Waals surface area contributed by atoms with Crippen molar-refractivity contribution in [2.24, 2.45) is 0 Å². The molecule has 4 heteroatoms. The number of aryl methyl sites for hydroxylation is 1. The zero-order valence-electron chi connectivity index (χ0n) is 8.38. The fraction of sp³-hybridized carbons (Fsp3) is 0.273. The van der Waals surface area contributed by atoms with Crippen LogP contribution in [0.1, 0.15) is 17.5 Å². The van der Waals surface area contributed by atoms with Crippen molar-refractivity contribution in [3.05, 3.63) is 29.3 Å². The number of carbonyl (C=O) groups excluding carboxylic acids is 1. The van der Waals surface area contributed by atoms with Crippen LogP contribution in [0.15, 0.2) is 18.2 Å². The minimum absolute atomic E-state index is 0.0509. The molecule has 1 aromatic rings. The van der Waals surface area contributed by atoms with Gasteiger partial charge in [0.15, 0.2) is 0 Å². The average molecular weight is 267 g/mol. The largest absolute Gasteiger partial charge is 0.326 e. The van der Waals surface area contributed by atoms with E-state index in [4.69, 9.17) is 5.26 Å². The van der Waals surface area contributed by atoms with Crippen LogP contribution in [-0.2, 0) is 4.79 Å². The molecule has 0 atom stereocenters. The quantitative estimate of drug-likeness (QED) is 0.856. The standard InChI is InChI=1S/C11H11BrN2O/c1-8-2-3-9(7-13)6-10(8)14-11(15)4-5-12/h2-3,6H,4-5H2,1H3,(H,14,15). The molecule has 1 rings (SSSR count). The summed E-state index contributed by atoms with van der Waals surface area (Å²) >= 11 is 3.20. The van der Waals surface area contributed by atoms with Crippen molar-refractivity contribution >= 4 is 27.5 Å². The van der Waals surface area contributed by atoms with Gasteiger partial charge in [0.05, 0.1) is 11.6 Å². The molecule has 0 radical (unpaired) electrons. The highest BCUT2D eigenvalue weighted by atomic mass is 79.9. The normalized spacial score (nSPS) is 9.40. The molecule has 1 aromatic carbocycles. The van der Waals surface area contributed by atoms with E-state index >= 15 is 0 Å². The smallest absolute Gasteiger partial charge is 0.225 e. The first kappa shape index (κ1) is 11.7. The Balaban J connectivity index is 2.85. The minimum atomic E-state index is -0.0509. The lowest BCUT2D eigenvalue weighted by Gasteiger charge is -2.07. The summed E-state index contributed by atoms with van der Waals surface area (Å²) in [6.07, 6.45) is 0.427. The average Bonchev–Trinajstić information content (AvgIpc) is 2.21. The SMILES string of the molecule is Cc1ccc(C#N)cc1NC(=O)CCBr. The molecule has 78 valence electrons. The summed E-state index contributed by atoms with van der Waals surface area (Å²) in [7, 11) is 0. The van der Waals surface area contributed by atoms with E-state index in [-0.39, 0.29) is 5.91 Å². The second-order valence-electron chi connectivity index (χ2n) is 3.13. The third-order valence-electron chi connectivity index (χ3n) is 1.96. The number of nitriles is 1. The molecule has 1 amide bonds. The minimum Gasteiger partial charge on any atom is -0.326 e. The highest BCUT2D eigenvalue weighted by molar-refractivity contribution is 9.09. The Morgan fingerprint density at radius 3 is 2.93 bits per heavy atom. The van der Waals surface area contributed by atoms with E-state index in [9.17, 15) is 4.79 Å². The Labute approximate surface area is 97.2 Å². The van der Waals surface area contributed by atoms with Gasteiger partial charge in [-0.05, 0) is 24.6 Å². The van der Waals surface area contributed by atoms with Crippen LogP contribution in [0.2, 0.25) is 0 Å². The number of alkyl halides is 1. The van der Waals surface area contributed by atoms with Gasteiger partial charge in [-0.25, -0.2) is 0 Å². The molecule has 0 heterocycles. The number of hydrogen-bond acceptors (Lipinski definition) is 2. The van der Waals surface area contributed by atoms with Crippen molar-refractivity contribution in [2.75, 3.05) is 10.6 Å². The van der Waals surface area contributed by atoms with Crippen molar-refractivity contribution in [1.29, 1.82) is 5.26 Å². The Bertz CT molecular complexity index is 410. The fourth-order valence-corrected chi connectivity index (χ4v) is 1.48. The van der Waals surface area contributed by atoms with Gasteiger partial charge in [0.1, 0.15) is 0 Å². The zero-order chi connectivity index (χ0) is 11.3. The van der Waals surface area contributed by atoms with Gasteiger partial charge in [-0.15, -0.1) is 0 Å². The first-order valence-corrected chi connectivity index (χ1v) is 5.66. The summed E-state index contributed by atoms with van der Waals surface area (Å²) < 4.78 is 0. The number of anilines is 1. The lowest BCUT2D eigenvalue weighted by Crippen LogP contribution is -2.12. The molecule has 0 aliphatic carbocycles. The van der Waals surface area contributed by atoms with E-state index in [1.165, 1.54) is 0 Å². The second-order valence-corrected chi connectivity index (χ2v) is 3.92. The van der Waals surface area contributed by atoms with E-state index in [1.54, 1.807) is 12.1 Å². The van der Waals surface area contributed by atoms with E-state index in [2.05, 4.69) is 21.2 Å². The first-order valence-electron chi connectivity index (χ1n) is 4.54. The third-order valence-corrected chi connectivity index (χ3v) is 2.36. The maximum absolute atomic E-state index is 11.3. The number of nitrogens with one attached hydrogen (secondary N) is 1. The maximum Gasteiger partial charge on any atom is 0.225 e. The van der Waals surface area contributed by atoms with Crippen LogP contribution in [-0.4, -0.2) is 11.2 Å². The predicted octanol–water partition coefficient (Wildman–Crippen LogP) is 2.59. The van der Waals surface area contributed by atoms with E-state index in [0.29, 0.717) is 23.0 Å². The molecular formula is C11H11BrN2O. The first-order chi connectivity index (χ1) is 7.17. The molecule has 0 aromatic heterocycles. The van der Waals surface area contributed by atoms with Gasteiger partial charge in [0.2, 0.25) is 5.91 Å². The van der Waals surface area contributed by atoms with Crippen molar-refractivity contribution in [3.63, 3.8) is 0 Å². The molecule has 0 unspecified atom stereocenters. The molecule has 0 spiro atoms. The molecule has 0 fully saturated rings. The van der Waals surface area contributed by atoms with Crippen LogP contribution in [0, 0.1) is 18.3 Å². The Morgan fingerprint density at radius 1 is 1.60 bits per heavy atom. The number of nitrogens with zero attached hydrogens (tertiary/aromatic N) is 1. The molecule has 0 aliphatic rings. The van der Waals surface area contributed by atoms with Gasteiger partial charge >= 0.3 is 0 Å². The summed E-state index contributed by atoms with van der Waals surface area (Å²) in [6, 6.07) is 7.27. The summed E-state index contributed by atoms with van der Waals surface area (Å²) in [4.78, 5) is 11.3. The summed E-state index contributed by atoms with van der Waals surface area (Å²) in [6.45, 7) is 1.89. The molecule has 0 saturated carbocycles. The van der Waals surface area contributed by atoms with Gasteiger partial charge in [0.25, 0.3) is 0 Å². The number of rotatable bonds is 3. The van der Waals surface area contributed by atoms with Gasteiger partial charge in [-0.1, -0.05) is 22.0 Å². The predicted molar refractivity (Wildman–Crippen MR) is 62.9 cm³/mol. The van der Waals surface area contributed by atoms with E-state index in [0.717, 1.165) is 5.56 Å². The van der Waals surface area contributed by atoms with Crippen LogP contribution >= 0.6 is 15.9 Å². The van der Waals surface area contributed by atoms with Crippen LogP contribution in [0.25, 0.3) is 0 Å². The van der Waals surface area contributed by atoms with Crippen molar-refractivity contribution in [3.8, 4) is 6.07 Å². The van der Waals surface area contributed by atoms with Crippen LogP contribution < -0.4 is 5.32 Å². The van der Waals surface area contributed by atoms with Gasteiger partial charge in [0, 0.05) is 17.4 Å². The topological polar surface area (TPSA) is 52.9 Å². The fourth-order valence-electron chi connectivity index (χ4n) is 1.12. The highest BCUT2D eigenvalue weighted by Crippen LogP contribution is 2.16. The van der Waals surface area contributed by atoms with Gasteiger partial charge in [-0.2, -0.15) is 5.26 Å². The van der Waals surface area contributed by atoms with E-state index in [1.807, 2.05) is 19.1 Å². The lowest BCUT2D eigenvalue weighted by atomic mass is 10.1. The van der Waals surface area contributed by atoms with Gasteiger partial charge in [-0.3, -0.25) is 4.79 Å². The Hall–Kier alpha value is -1.34. The van der Waals surface area contributed by atoms with Crippen molar-refractivity contribution in [2.45, 2.75) is 13.3 Å². The third kappa shape index (κ3) is 3.37. The molecule has 3 nitrogen and oxygen atoms in total. The Morgan fingerprint density at radius 2 is 2.33 bits per heavy atom. The van der Waals surface area contributed by atoms with Crippen LogP contribution in [0.5, 0.6) is 0 Å². The summed E-state index contributed by atoms with van der Waals surface area (Å²) in [5.74, 6) is -0.0509. The molecule has 15 heavy (non-hydrogen) atoms. The number of benzene rings is 1. The zero-order valence-corrected chi connectivity index (χ0v) is 9.97. The van der Waals surface area contributed by atoms with Crippen molar-refractivity contribution in [1.82, 2.24) is 0 Å². The molecule has 1 N–H and O–H groups in total.